The van der Waals surface area contributed by atoms with Gasteiger partial charge < -0.3 is 14.6 Å². The molecule has 1 saturated heterocycles. The number of carboxylic acids is 1. The van der Waals surface area contributed by atoms with Gasteiger partial charge in [0.05, 0.1) is 25.9 Å². The zero-order valence-corrected chi connectivity index (χ0v) is 19.2. The van der Waals surface area contributed by atoms with Crippen molar-refractivity contribution < 1.29 is 23.8 Å². The molecule has 0 aromatic heterocycles. The van der Waals surface area contributed by atoms with Crippen molar-refractivity contribution in [1.29, 1.82) is 0 Å². The van der Waals surface area contributed by atoms with Crippen molar-refractivity contribution in [3.63, 3.8) is 0 Å². The summed E-state index contributed by atoms with van der Waals surface area (Å²) in [5.41, 5.74) is 3.39. The average Bonchev–Trinajstić information content (AvgIpc) is 3.36. The van der Waals surface area contributed by atoms with Gasteiger partial charge in [-0.2, -0.15) is 0 Å². The number of unbranched alkanes of at least 4 members (excludes halogenated alkanes) is 1. The Morgan fingerprint density at radius 1 is 1.18 bits per heavy atom. The molecule has 2 aromatic carbocycles. The van der Waals surface area contributed by atoms with E-state index in [2.05, 4.69) is 43.3 Å². The van der Waals surface area contributed by atoms with E-state index < -0.39 is 5.97 Å². The average molecular weight is 453 g/mol. The molecule has 4 atom stereocenters. The Bertz CT molecular complexity index is 953. The lowest BCUT2D eigenvalue weighted by Crippen LogP contribution is -2.41. The van der Waals surface area contributed by atoms with Gasteiger partial charge in [-0.1, -0.05) is 54.1 Å². The summed E-state index contributed by atoms with van der Waals surface area (Å²) >= 11 is 0. The van der Waals surface area contributed by atoms with Gasteiger partial charge in [0, 0.05) is 17.8 Å². The minimum Gasteiger partial charge on any atom is -0.481 e. The summed E-state index contributed by atoms with van der Waals surface area (Å²) in [5.74, 6) is -0.389. The van der Waals surface area contributed by atoms with Gasteiger partial charge in [-0.3, -0.25) is 4.79 Å². The monoisotopic (exact) mass is 452 g/mol. The second-order valence-electron chi connectivity index (χ2n) is 9.48. The number of aliphatic carboxylic acids is 1. The molecule has 2 aliphatic rings. The van der Waals surface area contributed by atoms with Crippen molar-refractivity contribution in [3.05, 3.63) is 83.2 Å². The molecular weight excluding hydrogens is 419 g/mol. The fourth-order valence-corrected chi connectivity index (χ4v) is 5.48. The van der Waals surface area contributed by atoms with Crippen molar-refractivity contribution in [2.45, 2.75) is 57.2 Å². The Kier molecular flexibility index (Phi) is 7.61. The largest absolute Gasteiger partial charge is 0.481 e. The SMILES string of the molecule is Cc1ccc(COC[C@@H]2[C@@H]3C[C@@](c4ccc(F)cc4)(CO3)[C@H]2C/C=C\CCCC(=O)O)cc1. The normalized spacial score (nSPS) is 26.3. The minimum atomic E-state index is -0.755. The van der Waals surface area contributed by atoms with Crippen molar-refractivity contribution >= 4 is 5.97 Å². The molecule has 2 aromatic rings. The van der Waals surface area contributed by atoms with Gasteiger partial charge in [0.1, 0.15) is 5.82 Å². The van der Waals surface area contributed by atoms with Crippen molar-refractivity contribution in [1.82, 2.24) is 0 Å². The summed E-state index contributed by atoms with van der Waals surface area (Å²) < 4.78 is 26.0. The zero-order chi connectivity index (χ0) is 23.3. The van der Waals surface area contributed by atoms with Gasteiger partial charge in [0.15, 0.2) is 0 Å². The van der Waals surface area contributed by atoms with Gasteiger partial charge in [-0.05, 0) is 61.8 Å². The highest BCUT2D eigenvalue weighted by atomic mass is 19.1. The van der Waals surface area contributed by atoms with E-state index in [4.69, 9.17) is 14.6 Å². The third-order valence-corrected chi connectivity index (χ3v) is 7.26. The van der Waals surface area contributed by atoms with Crippen molar-refractivity contribution in [2.24, 2.45) is 11.8 Å². The lowest BCUT2D eigenvalue weighted by atomic mass is 9.69. The van der Waals surface area contributed by atoms with E-state index in [-0.39, 0.29) is 29.7 Å². The molecule has 4 rings (SSSR count). The quantitative estimate of drug-likeness (QED) is 0.345. The van der Waals surface area contributed by atoms with Crippen LogP contribution in [-0.4, -0.2) is 30.4 Å². The molecule has 4 nitrogen and oxygen atoms in total. The Balaban J connectivity index is 1.45. The van der Waals surface area contributed by atoms with E-state index in [1.807, 2.05) is 12.1 Å². The number of halogens is 1. The first kappa shape index (κ1) is 23.7. The van der Waals surface area contributed by atoms with Crippen LogP contribution in [-0.2, 0) is 26.3 Å². The van der Waals surface area contributed by atoms with Crippen molar-refractivity contribution in [3.8, 4) is 0 Å². The number of carboxylic acid groups (broad SMARTS) is 1. The van der Waals surface area contributed by atoms with E-state index in [1.165, 1.54) is 17.7 Å². The maximum absolute atomic E-state index is 13.6. The van der Waals surface area contributed by atoms with Gasteiger partial charge in [0.25, 0.3) is 0 Å². The molecule has 33 heavy (non-hydrogen) atoms. The number of rotatable bonds is 11. The van der Waals surface area contributed by atoms with Crippen LogP contribution in [0, 0.1) is 24.6 Å². The third-order valence-electron chi connectivity index (χ3n) is 7.26. The smallest absolute Gasteiger partial charge is 0.303 e. The molecule has 1 saturated carbocycles. The first-order valence-electron chi connectivity index (χ1n) is 11.9. The van der Waals surface area contributed by atoms with Crippen LogP contribution in [0.2, 0.25) is 0 Å². The summed E-state index contributed by atoms with van der Waals surface area (Å²) in [6, 6.07) is 15.3. The van der Waals surface area contributed by atoms with E-state index in [9.17, 15) is 9.18 Å². The van der Waals surface area contributed by atoms with Crippen LogP contribution >= 0.6 is 0 Å². The Labute approximate surface area is 195 Å². The minimum absolute atomic E-state index is 0.137. The number of hydrogen-bond acceptors (Lipinski definition) is 3. The van der Waals surface area contributed by atoms with Crippen LogP contribution in [0.1, 0.15) is 48.8 Å². The second kappa shape index (κ2) is 10.6. The van der Waals surface area contributed by atoms with E-state index in [0.29, 0.717) is 32.2 Å². The summed E-state index contributed by atoms with van der Waals surface area (Å²) in [7, 11) is 0. The number of hydrogen-bond donors (Lipinski definition) is 1. The number of carbonyl (C=O) groups is 1. The fourth-order valence-electron chi connectivity index (χ4n) is 5.48. The fraction of sp³-hybridized carbons (Fsp3) is 0.464. The van der Waals surface area contributed by atoms with E-state index >= 15 is 0 Å². The lowest BCUT2D eigenvalue weighted by molar-refractivity contribution is -0.137. The Morgan fingerprint density at radius 3 is 2.67 bits per heavy atom. The van der Waals surface area contributed by atoms with Crippen LogP contribution in [0.3, 0.4) is 0 Å². The first-order valence-corrected chi connectivity index (χ1v) is 11.9. The summed E-state index contributed by atoms with van der Waals surface area (Å²) in [6.45, 7) is 3.92. The molecule has 1 N–H and O–H groups in total. The molecule has 176 valence electrons. The molecule has 0 unspecified atom stereocenters. The molecule has 5 heteroatoms. The van der Waals surface area contributed by atoms with Crippen LogP contribution < -0.4 is 0 Å². The highest BCUT2D eigenvalue weighted by Crippen LogP contribution is 2.56. The lowest BCUT2D eigenvalue weighted by Gasteiger charge is -2.39. The molecule has 0 radical (unpaired) electrons. The maximum Gasteiger partial charge on any atom is 0.303 e. The number of allylic oxidation sites excluding steroid dienone is 2. The van der Waals surface area contributed by atoms with Crippen LogP contribution in [0.5, 0.6) is 0 Å². The topological polar surface area (TPSA) is 55.8 Å². The molecular formula is C28H33FO4. The van der Waals surface area contributed by atoms with Gasteiger partial charge in [-0.25, -0.2) is 4.39 Å². The van der Waals surface area contributed by atoms with Gasteiger partial charge in [-0.15, -0.1) is 0 Å². The predicted molar refractivity (Wildman–Crippen MR) is 125 cm³/mol. The third kappa shape index (κ3) is 5.53. The van der Waals surface area contributed by atoms with Crippen LogP contribution in [0.4, 0.5) is 4.39 Å². The molecule has 1 heterocycles. The molecule has 2 fully saturated rings. The number of ether oxygens (including phenoxy) is 2. The second-order valence-corrected chi connectivity index (χ2v) is 9.48. The Hall–Kier alpha value is -2.50. The standard InChI is InChI=1S/C28H33FO4/c1-20-8-10-21(11-9-20)17-32-18-24-25(6-4-2-3-5-7-27(30)31)28(16-26(24)33-19-28)22-12-14-23(29)15-13-22/h2,4,8-15,24-26H,3,5-7,16-19H2,1H3,(H,30,31)/b4-2-/t24-,25-,26-,28-/m0/s1. The zero-order valence-electron chi connectivity index (χ0n) is 19.2. The van der Waals surface area contributed by atoms with Crippen LogP contribution in [0.15, 0.2) is 60.7 Å². The number of benzene rings is 2. The van der Waals surface area contributed by atoms with Gasteiger partial charge >= 0.3 is 5.97 Å². The molecule has 0 spiro atoms. The summed E-state index contributed by atoms with van der Waals surface area (Å²) in [4.78, 5) is 10.7. The predicted octanol–water partition coefficient (Wildman–Crippen LogP) is 5.82. The number of aryl methyl sites for hydroxylation is 1. The maximum atomic E-state index is 13.6. The number of fused-ring (bicyclic) bond motifs is 2. The van der Waals surface area contributed by atoms with E-state index in [0.717, 1.165) is 30.4 Å². The molecule has 1 aliphatic carbocycles. The Morgan fingerprint density at radius 2 is 1.94 bits per heavy atom. The first-order chi connectivity index (χ1) is 16.0. The molecule has 2 bridgehead atoms. The molecule has 0 amide bonds. The molecule has 1 aliphatic heterocycles. The van der Waals surface area contributed by atoms with E-state index in [1.54, 1.807) is 0 Å². The van der Waals surface area contributed by atoms with Crippen LogP contribution in [0.25, 0.3) is 0 Å². The highest BCUT2D eigenvalue weighted by molar-refractivity contribution is 5.66. The summed E-state index contributed by atoms with van der Waals surface area (Å²) in [5, 5.41) is 8.83. The highest BCUT2D eigenvalue weighted by Gasteiger charge is 2.59. The summed E-state index contributed by atoms with van der Waals surface area (Å²) in [6.07, 6.45) is 7.82. The van der Waals surface area contributed by atoms with Crippen molar-refractivity contribution in [2.75, 3.05) is 13.2 Å². The van der Waals surface area contributed by atoms with Gasteiger partial charge in [0.2, 0.25) is 0 Å².